The molecule has 7 heteroatoms. The first-order chi connectivity index (χ1) is 14.0. The summed E-state index contributed by atoms with van der Waals surface area (Å²) in [5, 5.41) is 8.83. The Kier molecular flexibility index (Phi) is 6.49. The van der Waals surface area contributed by atoms with Crippen molar-refractivity contribution in [2.24, 2.45) is 5.10 Å². The second-order valence-electron chi connectivity index (χ2n) is 6.66. The van der Waals surface area contributed by atoms with Crippen LogP contribution in [-0.4, -0.2) is 43.3 Å². The quantitative estimate of drug-likeness (QED) is 0.781. The van der Waals surface area contributed by atoms with Crippen LogP contribution in [-0.2, 0) is 16.0 Å². The summed E-state index contributed by atoms with van der Waals surface area (Å²) in [6.45, 7) is 2.36. The standard InChI is InChI=1S/C22H25N3O4/c1-4-21(26)23-17-8-6-16(7-9-17)18-11-12-25(24-18)22(27)14-15-5-10-19(28-2)20(13-15)29-3/h5-10,13H,4,11-12,14H2,1-3H3,(H,23,26). The Morgan fingerprint density at radius 2 is 1.79 bits per heavy atom. The number of anilines is 1. The third-order valence-electron chi connectivity index (χ3n) is 4.72. The average molecular weight is 395 g/mol. The molecule has 3 rings (SSSR count). The zero-order valence-corrected chi connectivity index (χ0v) is 16.9. The highest BCUT2D eigenvalue weighted by Crippen LogP contribution is 2.28. The van der Waals surface area contributed by atoms with Gasteiger partial charge in [-0.25, -0.2) is 5.01 Å². The van der Waals surface area contributed by atoms with Crippen molar-refractivity contribution in [3.05, 3.63) is 53.6 Å². The zero-order chi connectivity index (χ0) is 20.8. The molecule has 0 radical (unpaired) electrons. The van der Waals surface area contributed by atoms with Crippen molar-refractivity contribution in [1.82, 2.24) is 5.01 Å². The van der Waals surface area contributed by atoms with Crippen molar-refractivity contribution in [3.63, 3.8) is 0 Å². The molecular formula is C22H25N3O4. The predicted octanol–water partition coefficient (Wildman–Crippen LogP) is 3.23. The highest BCUT2D eigenvalue weighted by Gasteiger charge is 2.22. The SMILES string of the molecule is CCC(=O)Nc1ccc(C2=NN(C(=O)Cc3ccc(OC)c(OC)c3)CC2)cc1. The van der Waals surface area contributed by atoms with Gasteiger partial charge in [-0.2, -0.15) is 5.10 Å². The number of benzene rings is 2. The first-order valence-electron chi connectivity index (χ1n) is 9.53. The molecule has 0 bridgehead atoms. The lowest BCUT2D eigenvalue weighted by Gasteiger charge is -2.13. The van der Waals surface area contributed by atoms with Gasteiger partial charge in [-0.15, -0.1) is 0 Å². The van der Waals surface area contributed by atoms with Gasteiger partial charge in [0.1, 0.15) is 0 Å². The monoisotopic (exact) mass is 395 g/mol. The number of methoxy groups -OCH3 is 2. The van der Waals surface area contributed by atoms with Gasteiger partial charge in [-0.3, -0.25) is 9.59 Å². The summed E-state index contributed by atoms with van der Waals surface area (Å²) in [5.74, 6) is 1.13. The van der Waals surface area contributed by atoms with Crippen molar-refractivity contribution in [2.45, 2.75) is 26.2 Å². The summed E-state index contributed by atoms with van der Waals surface area (Å²) in [5.41, 5.74) is 3.40. The summed E-state index contributed by atoms with van der Waals surface area (Å²) in [6.07, 6.45) is 1.36. The smallest absolute Gasteiger partial charge is 0.247 e. The maximum atomic E-state index is 12.7. The molecule has 29 heavy (non-hydrogen) atoms. The minimum Gasteiger partial charge on any atom is -0.493 e. The van der Waals surface area contributed by atoms with Gasteiger partial charge in [-0.1, -0.05) is 25.1 Å². The first-order valence-corrected chi connectivity index (χ1v) is 9.53. The lowest BCUT2D eigenvalue weighted by molar-refractivity contribution is -0.130. The van der Waals surface area contributed by atoms with Crippen LogP contribution in [0.5, 0.6) is 11.5 Å². The van der Waals surface area contributed by atoms with Gasteiger partial charge < -0.3 is 14.8 Å². The number of hydrogen-bond acceptors (Lipinski definition) is 5. The molecule has 1 heterocycles. The third kappa shape index (κ3) is 4.93. The molecule has 0 aromatic heterocycles. The summed E-state index contributed by atoms with van der Waals surface area (Å²) in [7, 11) is 3.15. The highest BCUT2D eigenvalue weighted by molar-refractivity contribution is 6.03. The van der Waals surface area contributed by atoms with Crippen LogP contribution in [0.25, 0.3) is 0 Å². The number of hydrazone groups is 1. The second kappa shape index (κ2) is 9.23. The molecule has 1 N–H and O–H groups in total. The fraction of sp³-hybridized carbons (Fsp3) is 0.318. The molecule has 0 unspecified atom stereocenters. The van der Waals surface area contributed by atoms with E-state index in [1.54, 1.807) is 26.4 Å². The summed E-state index contributed by atoms with van der Waals surface area (Å²) < 4.78 is 10.5. The minimum absolute atomic E-state index is 0.0251. The Bertz CT molecular complexity index is 922. The maximum absolute atomic E-state index is 12.7. The van der Waals surface area contributed by atoms with Gasteiger partial charge in [0.05, 0.1) is 32.9 Å². The molecule has 2 aromatic rings. The summed E-state index contributed by atoms with van der Waals surface area (Å²) >= 11 is 0. The van der Waals surface area contributed by atoms with Crippen molar-refractivity contribution < 1.29 is 19.1 Å². The Labute approximate surface area is 170 Å². The molecule has 2 aromatic carbocycles. The van der Waals surface area contributed by atoms with Gasteiger partial charge in [-0.05, 0) is 35.4 Å². The van der Waals surface area contributed by atoms with Crippen molar-refractivity contribution in [2.75, 3.05) is 26.1 Å². The van der Waals surface area contributed by atoms with Crippen molar-refractivity contribution >= 4 is 23.2 Å². The molecule has 7 nitrogen and oxygen atoms in total. The van der Waals surface area contributed by atoms with E-state index < -0.39 is 0 Å². The van der Waals surface area contributed by atoms with Gasteiger partial charge in [0.25, 0.3) is 0 Å². The van der Waals surface area contributed by atoms with E-state index in [9.17, 15) is 9.59 Å². The largest absolute Gasteiger partial charge is 0.493 e. The van der Waals surface area contributed by atoms with E-state index in [0.717, 1.165) is 22.5 Å². The highest BCUT2D eigenvalue weighted by atomic mass is 16.5. The van der Waals surface area contributed by atoms with E-state index in [2.05, 4.69) is 10.4 Å². The molecule has 152 valence electrons. The lowest BCUT2D eigenvalue weighted by Crippen LogP contribution is -2.25. The Balaban J connectivity index is 1.66. The van der Waals surface area contributed by atoms with Crippen LogP contribution in [0.2, 0.25) is 0 Å². The topological polar surface area (TPSA) is 80.2 Å². The van der Waals surface area contributed by atoms with E-state index in [-0.39, 0.29) is 18.2 Å². The van der Waals surface area contributed by atoms with E-state index in [0.29, 0.717) is 30.9 Å². The van der Waals surface area contributed by atoms with E-state index >= 15 is 0 Å². The molecule has 0 aliphatic carbocycles. The van der Waals surface area contributed by atoms with Crippen LogP contribution in [0.4, 0.5) is 5.69 Å². The number of nitrogens with zero attached hydrogens (tertiary/aromatic N) is 2. The molecule has 0 fully saturated rings. The summed E-state index contributed by atoms with van der Waals surface area (Å²) in [4.78, 5) is 24.1. The Morgan fingerprint density at radius 3 is 2.45 bits per heavy atom. The Morgan fingerprint density at radius 1 is 1.07 bits per heavy atom. The van der Waals surface area contributed by atoms with Crippen LogP contribution in [0.3, 0.4) is 0 Å². The normalized spacial score (nSPS) is 13.1. The first kappa shape index (κ1) is 20.4. The fourth-order valence-electron chi connectivity index (χ4n) is 3.09. The van der Waals surface area contributed by atoms with E-state index in [1.165, 1.54) is 5.01 Å². The number of nitrogens with one attached hydrogen (secondary N) is 1. The molecule has 1 aliphatic heterocycles. The number of rotatable bonds is 7. The van der Waals surface area contributed by atoms with Crippen LogP contribution >= 0.6 is 0 Å². The molecule has 1 aliphatic rings. The van der Waals surface area contributed by atoms with Gasteiger partial charge in [0, 0.05) is 18.5 Å². The predicted molar refractivity (Wildman–Crippen MR) is 111 cm³/mol. The molecule has 0 atom stereocenters. The van der Waals surface area contributed by atoms with Crippen molar-refractivity contribution in [1.29, 1.82) is 0 Å². The number of carbonyl (C=O) groups excluding carboxylic acids is 2. The number of amides is 2. The molecular weight excluding hydrogens is 370 g/mol. The number of hydrogen-bond donors (Lipinski definition) is 1. The molecule has 2 amide bonds. The van der Waals surface area contributed by atoms with E-state index in [1.807, 2.05) is 37.3 Å². The van der Waals surface area contributed by atoms with Crippen LogP contribution in [0.1, 0.15) is 30.9 Å². The van der Waals surface area contributed by atoms with Gasteiger partial charge in [0.15, 0.2) is 11.5 Å². The zero-order valence-electron chi connectivity index (χ0n) is 16.9. The summed E-state index contributed by atoms with van der Waals surface area (Å²) in [6, 6.07) is 13.0. The van der Waals surface area contributed by atoms with Crippen LogP contribution in [0.15, 0.2) is 47.6 Å². The fourth-order valence-corrected chi connectivity index (χ4v) is 3.09. The van der Waals surface area contributed by atoms with Crippen LogP contribution < -0.4 is 14.8 Å². The lowest BCUT2D eigenvalue weighted by atomic mass is 10.1. The molecule has 0 saturated heterocycles. The van der Waals surface area contributed by atoms with E-state index in [4.69, 9.17) is 9.47 Å². The maximum Gasteiger partial charge on any atom is 0.247 e. The van der Waals surface area contributed by atoms with Crippen molar-refractivity contribution in [3.8, 4) is 11.5 Å². The van der Waals surface area contributed by atoms with Crippen LogP contribution in [0, 0.1) is 0 Å². The average Bonchev–Trinajstić information content (AvgIpc) is 3.24. The number of carbonyl (C=O) groups is 2. The molecule has 0 saturated carbocycles. The van der Waals surface area contributed by atoms with Gasteiger partial charge in [0.2, 0.25) is 11.8 Å². The number of ether oxygens (including phenoxy) is 2. The Hall–Kier alpha value is -3.35. The minimum atomic E-state index is -0.0703. The second-order valence-corrected chi connectivity index (χ2v) is 6.66. The van der Waals surface area contributed by atoms with Gasteiger partial charge >= 0.3 is 0 Å². The molecule has 0 spiro atoms. The third-order valence-corrected chi connectivity index (χ3v) is 4.72.